The first-order chi connectivity index (χ1) is 12.7. The molecule has 9 heteroatoms. The van der Waals surface area contributed by atoms with Gasteiger partial charge in [-0.2, -0.15) is 0 Å². The van der Waals surface area contributed by atoms with E-state index < -0.39 is 0 Å². The Morgan fingerprint density at radius 1 is 1.27 bits per heavy atom. The van der Waals surface area contributed by atoms with Crippen LogP contribution in [0.3, 0.4) is 0 Å². The quantitative estimate of drug-likeness (QED) is 0.750. The monoisotopic (exact) mass is 372 g/mol. The summed E-state index contributed by atoms with van der Waals surface area (Å²) in [7, 11) is 0. The lowest BCUT2D eigenvalue weighted by Crippen LogP contribution is -2.23. The molecule has 8 nitrogen and oxygen atoms in total. The van der Waals surface area contributed by atoms with E-state index in [0.717, 1.165) is 42.3 Å². The first-order valence-electron chi connectivity index (χ1n) is 8.81. The maximum absolute atomic E-state index is 12.1. The van der Waals surface area contributed by atoms with Crippen LogP contribution in [0.4, 0.5) is 11.4 Å². The van der Waals surface area contributed by atoms with E-state index in [1.54, 1.807) is 4.90 Å². The SMILES string of the molecule is O=C(CCSc1nnnn1C1CC1)Nc1ccc(N2CCCC2=O)cc1. The Hall–Kier alpha value is -2.42. The van der Waals surface area contributed by atoms with Gasteiger partial charge in [0.15, 0.2) is 0 Å². The number of benzene rings is 1. The summed E-state index contributed by atoms with van der Waals surface area (Å²) in [4.78, 5) is 25.7. The predicted molar refractivity (Wildman–Crippen MR) is 98.1 cm³/mol. The summed E-state index contributed by atoms with van der Waals surface area (Å²) in [5.41, 5.74) is 1.62. The standard InChI is InChI=1S/C17H20N6O2S/c24-15(9-11-26-17-19-20-21-23(17)14-7-8-14)18-12-3-5-13(6-4-12)22-10-1-2-16(22)25/h3-6,14H,1-2,7-11H2,(H,18,24). The molecule has 1 aromatic carbocycles. The van der Waals surface area contributed by atoms with Gasteiger partial charge in [-0.3, -0.25) is 9.59 Å². The fraction of sp³-hybridized carbons (Fsp3) is 0.471. The van der Waals surface area contributed by atoms with Gasteiger partial charge in [0.05, 0.1) is 6.04 Å². The summed E-state index contributed by atoms with van der Waals surface area (Å²) >= 11 is 1.50. The van der Waals surface area contributed by atoms with Crippen LogP contribution in [-0.2, 0) is 9.59 Å². The maximum Gasteiger partial charge on any atom is 0.227 e. The van der Waals surface area contributed by atoms with Crippen LogP contribution in [0, 0.1) is 0 Å². The van der Waals surface area contributed by atoms with Gasteiger partial charge in [-0.15, -0.1) is 5.10 Å². The van der Waals surface area contributed by atoms with Gasteiger partial charge in [-0.25, -0.2) is 4.68 Å². The third-order valence-electron chi connectivity index (χ3n) is 4.45. The fourth-order valence-electron chi connectivity index (χ4n) is 2.93. The molecule has 1 aliphatic carbocycles. The minimum absolute atomic E-state index is 0.0482. The molecule has 0 bridgehead atoms. The molecule has 2 aromatic rings. The molecule has 0 radical (unpaired) electrons. The van der Waals surface area contributed by atoms with E-state index in [1.165, 1.54) is 11.8 Å². The number of amides is 2. The third kappa shape index (κ3) is 3.87. The van der Waals surface area contributed by atoms with Gasteiger partial charge in [0.25, 0.3) is 0 Å². The molecule has 26 heavy (non-hydrogen) atoms. The van der Waals surface area contributed by atoms with Gasteiger partial charge in [-0.1, -0.05) is 11.8 Å². The van der Waals surface area contributed by atoms with E-state index in [2.05, 4.69) is 20.8 Å². The summed E-state index contributed by atoms with van der Waals surface area (Å²) in [5, 5.41) is 15.4. The van der Waals surface area contributed by atoms with E-state index >= 15 is 0 Å². The number of carbonyl (C=O) groups is 2. The van der Waals surface area contributed by atoms with Crippen LogP contribution in [0.15, 0.2) is 29.4 Å². The number of thioether (sulfide) groups is 1. The summed E-state index contributed by atoms with van der Waals surface area (Å²) < 4.78 is 1.85. The number of nitrogens with one attached hydrogen (secondary N) is 1. The number of anilines is 2. The highest BCUT2D eigenvalue weighted by atomic mass is 32.2. The third-order valence-corrected chi connectivity index (χ3v) is 5.39. The number of hydrogen-bond acceptors (Lipinski definition) is 6. The van der Waals surface area contributed by atoms with Crippen LogP contribution in [0.25, 0.3) is 0 Å². The number of hydrogen-bond donors (Lipinski definition) is 1. The first-order valence-corrected chi connectivity index (χ1v) is 9.80. The molecule has 2 aliphatic rings. The van der Waals surface area contributed by atoms with Crippen molar-refractivity contribution in [2.75, 3.05) is 22.5 Å². The molecule has 136 valence electrons. The Bertz CT molecular complexity index is 802. The topological polar surface area (TPSA) is 93.0 Å². The Kier molecular flexibility index (Phi) is 4.87. The first kappa shape index (κ1) is 17.0. The van der Waals surface area contributed by atoms with Crippen molar-refractivity contribution < 1.29 is 9.59 Å². The Labute approximate surface area is 155 Å². The van der Waals surface area contributed by atoms with Crippen molar-refractivity contribution in [1.82, 2.24) is 20.2 Å². The van der Waals surface area contributed by atoms with Gasteiger partial charge in [-0.05, 0) is 54.0 Å². The Morgan fingerprint density at radius 2 is 2.08 bits per heavy atom. The summed E-state index contributed by atoms with van der Waals surface area (Å²) in [6, 6.07) is 7.84. The highest BCUT2D eigenvalue weighted by Crippen LogP contribution is 2.36. The van der Waals surface area contributed by atoms with Gasteiger partial charge in [0, 0.05) is 36.5 Å². The predicted octanol–water partition coefficient (Wildman–Crippen LogP) is 2.26. The number of aromatic nitrogens is 4. The van der Waals surface area contributed by atoms with Crippen molar-refractivity contribution in [3.8, 4) is 0 Å². The molecular weight excluding hydrogens is 352 g/mol. The lowest BCUT2D eigenvalue weighted by molar-refractivity contribution is -0.117. The van der Waals surface area contributed by atoms with E-state index in [1.807, 2.05) is 28.9 Å². The van der Waals surface area contributed by atoms with Gasteiger partial charge in [0.2, 0.25) is 17.0 Å². The maximum atomic E-state index is 12.1. The molecule has 2 heterocycles. The molecule has 4 rings (SSSR count). The highest BCUT2D eigenvalue weighted by Gasteiger charge is 2.27. The number of rotatable bonds is 7. The average molecular weight is 372 g/mol. The van der Waals surface area contributed by atoms with Crippen molar-refractivity contribution in [3.05, 3.63) is 24.3 Å². The lowest BCUT2D eigenvalue weighted by Gasteiger charge is -2.16. The molecule has 1 saturated carbocycles. The smallest absolute Gasteiger partial charge is 0.227 e. The molecule has 2 amide bonds. The fourth-order valence-corrected chi connectivity index (χ4v) is 3.82. The molecule has 1 N–H and O–H groups in total. The Balaban J connectivity index is 1.25. The van der Waals surface area contributed by atoms with Crippen LogP contribution in [-0.4, -0.2) is 44.3 Å². The van der Waals surface area contributed by atoms with Crippen LogP contribution in [0.5, 0.6) is 0 Å². The highest BCUT2D eigenvalue weighted by molar-refractivity contribution is 7.99. The molecule has 0 spiro atoms. The number of nitrogens with zero attached hydrogens (tertiary/aromatic N) is 5. The zero-order valence-corrected chi connectivity index (χ0v) is 15.1. The molecule has 0 atom stereocenters. The summed E-state index contributed by atoms with van der Waals surface area (Å²) in [6.45, 7) is 0.766. The van der Waals surface area contributed by atoms with Gasteiger partial charge in [0.1, 0.15) is 0 Å². The van der Waals surface area contributed by atoms with Crippen LogP contribution in [0.2, 0.25) is 0 Å². The van der Waals surface area contributed by atoms with Crippen molar-refractivity contribution in [2.45, 2.75) is 43.3 Å². The van der Waals surface area contributed by atoms with Crippen molar-refractivity contribution in [1.29, 1.82) is 0 Å². The minimum atomic E-state index is -0.0482. The minimum Gasteiger partial charge on any atom is -0.326 e. The molecule has 0 unspecified atom stereocenters. The van der Waals surface area contributed by atoms with E-state index in [4.69, 9.17) is 0 Å². The summed E-state index contributed by atoms with van der Waals surface area (Å²) in [5.74, 6) is 0.736. The average Bonchev–Trinajstić information content (AvgIpc) is 3.22. The van der Waals surface area contributed by atoms with Crippen molar-refractivity contribution in [2.24, 2.45) is 0 Å². The lowest BCUT2D eigenvalue weighted by atomic mass is 10.2. The normalized spacial score (nSPS) is 16.9. The second-order valence-electron chi connectivity index (χ2n) is 6.48. The molecular formula is C17H20N6O2S. The zero-order valence-electron chi connectivity index (χ0n) is 14.3. The van der Waals surface area contributed by atoms with Crippen LogP contribution < -0.4 is 10.2 Å². The largest absolute Gasteiger partial charge is 0.326 e. The van der Waals surface area contributed by atoms with Gasteiger partial charge < -0.3 is 10.2 Å². The second-order valence-corrected chi connectivity index (χ2v) is 7.54. The van der Waals surface area contributed by atoms with E-state index in [9.17, 15) is 9.59 Å². The second kappa shape index (κ2) is 7.45. The molecule has 2 fully saturated rings. The van der Waals surface area contributed by atoms with E-state index in [-0.39, 0.29) is 11.8 Å². The summed E-state index contributed by atoms with van der Waals surface area (Å²) in [6.07, 6.45) is 4.14. The molecule has 1 saturated heterocycles. The van der Waals surface area contributed by atoms with Crippen molar-refractivity contribution >= 4 is 35.0 Å². The number of carbonyl (C=O) groups excluding carboxylic acids is 2. The molecule has 1 aliphatic heterocycles. The zero-order chi connectivity index (χ0) is 17.9. The van der Waals surface area contributed by atoms with Crippen LogP contribution >= 0.6 is 11.8 Å². The molecule has 1 aromatic heterocycles. The van der Waals surface area contributed by atoms with E-state index in [0.29, 0.717) is 24.6 Å². The van der Waals surface area contributed by atoms with Crippen LogP contribution in [0.1, 0.15) is 38.1 Å². The van der Waals surface area contributed by atoms with Crippen molar-refractivity contribution in [3.63, 3.8) is 0 Å². The Morgan fingerprint density at radius 3 is 2.77 bits per heavy atom. The van der Waals surface area contributed by atoms with Gasteiger partial charge >= 0.3 is 0 Å². The number of tetrazole rings is 1.